The second-order valence-electron chi connectivity index (χ2n) is 7.81. The van der Waals surface area contributed by atoms with E-state index in [0.717, 1.165) is 22.3 Å². The number of alkyl halides is 3. The first kappa shape index (κ1) is 21.2. The number of halogens is 3. The normalized spacial score (nSPS) is 12.3. The third kappa shape index (κ3) is 4.37. The van der Waals surface area contributed by atoms with Crippen LogP contribution in [0.15, 0.2) is 66.9 Å². The van der Waals surface area contributed by atoms with E-state index in [1.54, 1.807) is 55.8 Å². The van der Waals surface area contributed by atoms with E-state index in [0.29, 0.717) is 17.1 Å². The van der Waals surface area contributed by atoms with Crippen LogP contribution in [0, 0.1) is 0 Å². The van der Waals surface area contributed by atoms with Crippen LogP contribution in [-0.4, -0.2) is 22.9 Å². The molecule has 2 heterocycles. The summed E-state index contributed by atoms with van der Waals surface area (Å²) in [6.45, 7) is 3.37. The molecule has 4 aromatic rings. The Morgan fingerprint density at radius 2 is 1.68 bits per heavy atom. The molecular weight excluding hydrogens is 422 g/mol. The van der Waals surface area contributed by atoms with Gasteiger partial charge >= 0.3 is 6.18 Å². The van der Waals surface area contributed by atoms with Gasteiger partial charge in [-0.15, -0.1) is 0 Å². The molecule has 0 unspecified atom stereocenters. The van der Waals surface area contributed by atoms with Crippen LogP contribution in [0.3, 0.4) is 0 Å². The van der Waals surface area contributed by atoms with E-state index in [2.05, 4.69) is 10.3 Å². The zero-order valence-corrected chi connectivity index (χ0v) is 18.1. The van der Waals surface area contributed by atoms with E-state index in [1.807, 2.05) is 23.9 Å². The first-order chi connectivity index (χ1) is 14.5. The van der Waals surface area contributed by atoms with E-state index >= 15 is 0 Å². The highest BCUT2D eigenvalue weighted by molar-refractivity contribution is 7.70. The molecule has 0 radical (unpaired) electrons. The number of nitrogens with one attached hydrogen (secondary N) is 1. The summed E-state index contributed by atoms with van der Waals surface area (Å²) in [6, 6.07) is 16.4. The Morgan fingerprint density at radius 1 is 0.968 bits per heavy atom. The predicted molar refractivity (Wildman–Crippen MR) is 120 cm³/mol. The van der Waals surface area contributed by atoms with Crippen LogP contribution >= 0.6 is 7.14 Å². The maximum atomic E-state index is 13.7. The second-order valence-corrected chi connectivity index (χ2v) is 11.0. The number of rotatable bonds is 4. The number of benzene rings is 2. The van der Waals surface area contributed by atoms with Gasteiger partial charge in [-0.2, -0.15) is 13.2 Å². The van der Waals surface area contributed by atoms with E-state index < -0.39 is 18.9 Å². The van der Waals surface area contributed by atoms with Gasteiger partial charge < -0.3 is 14.4 Å². The number of nitrogens with zero attached hydrogens (tertiary/aromatic N) is 2. The van der Waals surface area contributed by atoms with E-state index in [9.17, 15) is 17.7 Å². The molecule has 1 N–H and O–H groups in total. The molecule has 0 bridgehead atoms. The van der Waals surface area contributed by atoms with Crippen molar-refractivity contribution < 1.29 is 17.7 Å². The molecular formula is C23H21F3N3OP. The molecule has 31 heavy (non-hydrogen) atoms. The van der Waals surface area contributed by atoms with Gasteiger partial charge in [0.15, 0.2) is 0 Å². The Labute approximate surface area is 178 Å². The highest BCUT2D eigenvalue weighted by Gasteiger charge is 2.34. The van der Waals surface area contributed by atoms with Crippen molar-refractivity contribution in [2.45, 2.75) is 6.18 Å². The first-order valence-corrected chi connectivity index (χ1v) is 12.2. The number of fused-ring (bicyclic) bond motifs is 1. The van der Waals surface area contributed by atoms with Crippen molar-refractivity contribution in [2.24, 2.45) is 7.05 Å². The summed E-state index contributed by atoms with van der Waals surface area (Å²) < 4.78 is 55.1. The lowest BCUT2D eigenvalue weighted by molar-refractivity contribution is -0.137. The monoisotopic (exact) mass is 443 g/mol. The molecule has 0 spiro atoms. The second kappa shape index (κ2) is 7.57. The summed E-state index contributed by atoms with van der Waals surface area (Å²) in [5, 5.41) is 4.72. The van der Waals surface area contributed by atoms with Gasteiger partial charge in [-0.05, 0) is 67.2 Å². The number of aryl methyl sites for hydroxylation is 1. The number of hydrogen-bond acceptors (Lipinski definition) is 3. The fourth-order valence-corrected chi connectivity index (χ4v) is 4.31. The lowest BCUT2D eigenvalue weighted by Gasteiger charge is -2.15. The minimum absolute atomic E-state index is 0.135. The molecule has 0 amide bonds. The highest BCUT2D eigenvalue weighted by Crippen LogP contribution is 2.38. The van der Waals surface area contributed by atoms with Gasteiger partial charge in [0, 0.05) is 35.3 Å². The van der Waals surface area contributed by atoms with Crippen LogP contribution < -0.4 is 10.6 Å². The van der Waals surface area contributed by atoms with Crippen LogP contribution in [0.25, 0.3) is 22.2 Å². The summed E-state index contributed by atoms with van der Waals surface area (Å²) in [7, 11) is -0.538. The van der Waals surface area contributed by atoms with E-state index in [1.165, 1.54) is 6.07 Å². The van der Waals surface area contributed by atoms with Crippen LogP contribution in [0.2, 0.25) is 0 Å². The van der Waals surface area contributed by atoms with Gasteiger partial charge in [0.2, 0.25) is 0 Å². The van der Waals surface area contributed by atoms with Gasteiger partial charge in [-0.25, -0.2) is 4.98 Å². The Kier molecular flexibility index (Phi) is 5.18. The highest BCUT2D eigenvalue weighted by atomic mass is 31.2. The quantitative estimate of drug-likeness (QED) is 0.379. The predicted octanol–water partition coefficient (Wildman–Crippen LogP) is 6.25. The van der Waals surface area contributed by atoms with Crippen molar-refractivity contribution in [3.05, 3.63) is 72.4 Å². The molecule has 2 aromatic heterocycles. The summed E-state index contributed by atoms with van der Waals surface area (Å²) in [4.78, 5) is 4.30. The number of pyridine rings is 1. The Hall–Kier alpha value is -3.05. The van der Waals surface area contributed by atoms with Gasteiger partial charge in [-0.1, -0.05) is 12.1 Å². The molecule has 0 fully saturated rings. The Morgan fingerprint density at radius 3 is 2.32 bits per heavy atom. The first-order valence-electron chi connectivity index (χ1n) is 9.59. The largest absolute Gasteiger partial charge is 0.418 e. The van der Waals surface area contributed by atoms with Gasteiger partial charge in [0.1, 0.15) is 13.0 Å². The minimum Gasteiger partial charge on any atom is -0.351 e. The molecule has 0 aliphatic rings. The molecule has 0 saturated carbocycles. The topological polar surface area (TPSA) is 46.9 Å². The third-order valence-electron chi connectivity index (χ3n) is 5.12. The average Bonchev–Trinajstić information content (AvgIpc) is 3.07. The molecule has 2 aromatic carbocycles. The van der Waals surface area contributed by atoms with Crippen LogP contribution in [-0.2, 0) is 17.8 Å². The Balaban J connectivity index is 1.75. The zero-order chi connectivity index (χ0) is 22.4. The molecule has 0 atom stereocenters. The van der Waals surface area contributed by atoms with Crippen molar-refractivity contribution in [3.8, 4) is 11.3 Å². The maximum absolute atomic E-state index is 13.7. The van der Waals surface area contributed by atoms with Gasteiger partial charge in [0.25, 0.3) is 0 Å². The summed E-state index contributed by atoms with van der Waals surface area (Å²) in [5.74, 6) is 0.291. The summed E-state index contributed by atoms with van der Waals surface area (Å²) >= 11 is 0. The summed E-state index contributed by atoms with van der Waals surface area (Å²) in [5.41, 5.74) is 0.931. The van der Waals surface area contributed by atoms with Crippen LogP contribution in [0.4, 0.5) is 24.7 Å². The molecule has 4 nitrogen and oxygen atoms in total. The van der Waals surface area contributed by atoms with Crippen molar-refractivity contribution in [1.82, 2.24) is 9.55 Å². The summed E-state index contributed by atoms with van der Waals surface area (Å²) in [6.07, 6.45) is -2.67. The van der Waals surface area contributed by atoms with Gasteiger partial charge in [0.05, 0.1) is 11.3 Å². The lowest BCUT2D eigenvalue weighted by atomic mass is 10.0. The van der Waals surface area contributed by atoms with Crippen LogP contribution in [0.1, 0.15) is 5.56 Å². The molecule has 0 aliphatic heterocycles. The molecule has 160 valence electrons. The number of aromatic nitrogens is 2. The third-order valence-corrected chi connectivity index (χ3v) is 6.67. The molecule has 0 saturated heterocycles. The van der Waals surface area contributed by atoms with Gasteiger partial charge in [-0.3, -0.25) is 0 Å². The fraction of sp³-hybridized carbons (Fsp3) is 0.174. The molecule has 8 heteroatoms. The average molecular weight is 443 g/mol. The fourth-order valence-electron chi connectivity index (χ4n) is 3.44. The number of anilines is 2. The number of hydrogen-bond donors (Lipinski definition) is 1. The molecule has 4 rings (SSSR count). The van der Waals surface area contributed by atoms with Crippen molar-refractivity contribution in [3.63, 3.8) is 0 Å². The van der Waals surface area contributed by atoms with E-state index in [4.69, 9.17) is 0 Å². The smallest absolute Gasteiger partial charge is 0.351 e. The lowest BCUT2D eigenvalue weighted by Crippen LogP contribution is -2.10. The van der Waals surface area contributed by atoms with Crippen LogP contribution in [0.5, 0.6) is 0 Å². The maximum Gasteiger partial charge on any atom is 0.418 e. The minimum atomic E-state index is -4.53. The zero-order valence-electron chi connectivity index (χ0n) is 17.2. The molecule has 0 aliphatic carbocycles. The van der Waals surface area contributed by atoms with Crippen molar-refractivity contribution in [1.29, 1.82) is 0 Å². The van der Waals surface area contributed by atoms with Crippen molar-refractivity contribution >= 4 is 34.9 Å². The van der Waals surface area contributed by atoms with E-state index in [-0.39, 0.29) is 5.69 Å². The van der Waals surface area contributed by atoms with Crippen molar-refractivity contribution in [2.75, 3.05) is 18.6 Å². The SMILES string of the molecule is Cn1ccc2ccc(-c3nc(Nc4ccc(P(C)(C)=O)cc4)ccc3C(F)(F)F)cc21. The Bertz CT molecular complexity index is 1300. The standard InChI is InChI=1S/C23H21F3N3OP/c1-29-13-12-15-4-5-16(14-20(15)29)22-19(23(24,25)26)10-11-21(28-22)27-17-6-8-18(9-7-17)31(2,3)30/h4-14H,1-3H3,(H,27,28).